The molecule has 2 aromatic heterocycles. The lowest BCUT2D eigenvalue weighted by atomic mass is 10.4. The van der Waals surface area contributed by atoms with Gasteiger partial charge >= 0.3 is 5.69 Å². The summed E-state index contributed by atoms with van der Waals surface area (Å²) in [7, 11) is 0. The van der Waals surface area contributed by atoms with Crippen LogP contribution in [0.2, 0.25) is 0 Å². The fourth-order valence-electron chi connectivity index (χ4n) is 0.992. The second-order valence-electron chi connectivity index (χ2n) is 2.23. The Morgan fingerprint density at radius 3 is 3.18 bits per heavy atom. The van der Waals surface area contributed by atoms with Gasteiger partial charge < -0.3 is 4.98 Å². The van der Waals surface area contributed by atoms with Crippen molar-refractivity contribution in [3.63, 3.8) is 0 Å². The smallest absolute Gasteiger partial charge is 0.312 e. The lowest BCUT2D eigenvalue weighted by Gasteiger charge is -1.89. The molecule has 2 heterocycles. The highest BCUT2D eigenvalue weighted by atomic mass is 19.1. The van der Waals surface area contributed by atoms with Crippen LogP contribution in [0.25, 0.3) is 5.52 Å². The third kappa shape index (κ3) is 0.832. The van der Waals surface area contributed by atoms with Gasteiger partial charge in [-0.2, -0.15) is 0 Å². The van der Waals surface area contributed by atoms with Crippen LogP contribution in [0.5, 0.6) is 0 Å². The van der Waals surface area contributed by atoms with E-state index in [1.165, 1.54) is 28.9 Å². The van der Waals surface area contributed by atoms with E-state index in [0.29, 0.717) is 5.52 Å². The van der Waals surface area contributed by atoms with Gasteiger partial charge in [-0.3, -0.25) is 4.40 Å². The average Bonchev–Trinajstić information content (AvgIpc) is 2.32. The van der Waals surface area contributed by atoms with Crippen LogP contribution in [0.15, 0.2) is 29.3 Å². The first-order valence-corrected chi connectivity index (χ1v) is 3.13. The number of rotatable bonds is 0. The molecule has 56 valence electrons. The Balaban J connectivity index is 2.97. The van der Waals surface area contributed by atoms with E-state index in [1.54, 1.807) is 0 Å². The van der Waals surface area contributed by atoms with E-state index in [-0.39, 0.29) is 11.5 Å². The molecule has 0 radical (unpaired) electrons. The van der Waals surface area contributed by atoms with E-state index in [1.807, 2.05) is 0 Å². The van der Waals surface area contributed by atoms with Crippen molar-refractivity contribution in [3.05, 3.63) is 40.8 Å². The topological polar surface area (TPSA) is 37.3 Å². The van der Waals surface area contributed by atoms with Gasteiger partial charge in [-0.25, -0.2) is 9.18 Å². The lowest BCUT2D eigenvalue weighted by Crippen LogP contribution is -2.08. The molecule has 0 aliphatic carbocycles. The van der Waals surface area contributed by atoms with Crippen LogP contribution in [-0.4, -0.2) is 9.38 Å². The summed E-state index contributed by atoms with van der Waals surface area (Å²) in [6, 6.07) is 2.53. The molecule has 1 N–H and O–H groups in total. The molecule has 2 rings (SSSR count). The van der Waals surface area contributed by atoms with Gasteiger partial charge in [-0.05, 0) is 12.1 Å². The Morgan fingerprint density at radius 2 is 2.36 bits per heavy atom. The summed E-state index contributed by atoms with van der Waals surface area (Å²) in [5, 5.41) is 0. The number of pyridine rings is 1. The minimum Gasteiger partial charge on any atom is -0.312 e. The van der Waals surface area contributed by atoms with Crippen molar-refractivity contribution in [3.8, 4) is 0 Å². The molecule has 0 aromatic carbocycles. The Morgan fingerprint density at radius 1 is 1.55 bits per heavy atom. The first kappa shape index (κ1) is 6.15. The van der Waals surface area contributed by atoms with Gasteiger partial charge in [0.1, 0.15) is 5.82 Å². The Labute approximate surface area is 61.1 Å². The Bertz CT molecular complexity index is 443. The number of hydrogen-bond donors (Lipinski definition) is 1. The number of nitrogens with one attached hydrogen (secondary N) is 1. The zero-order valence-corrected chi connectivity index (χ0v) is 5.54. The van der Waals surface area contributed by atoms with Crippen molar-refractivity contribution in [2.45, 2.75) is 0 Å². The molecule has 4 heteroatoms. The first-order valence-electron chi connectivity index (χ1n) is 3.13. The van der Waals surface area contributed by atoms with E-state index in [0.717, 1.165) is 0 Å². The summed E-state index contributed by atoms with van der Waals surface area (Å²) in [5.74, 6) is -0.344. The van der Waals surface area contributed by atoms with E-state index < -0.39 is 0 Å². The van der Waals surface area contributed by atoms with Gasteiger partial charge in [-0.1, -0.05) is 0 Å². The summed E-state index contributed by atoms with van der Waals surface area (Å²) in [4.78, 5) is 13.3. The molecule has 0 fully saturated rings. The number of H-pyrrole nitrogens is 1. The molecule has 0 aliphatic rings. The number of aromatic amines is 1. The fourth-order valence-corrected chi connectivity index (χ4v) is 0.992. The predicted molar refractivity (Wildman–Crippen MR) is 38.0 cm³/mol. The minimum atomic E-state index is -0.344. The predicted octanol–water partition coefficient (Wildman–Crippen LogP) is 0.767. The maximum atomic E-state index is 12.5. The standard InChI is InChI=1S/C7H5FN2O/c8-5-1-2-10-6(3-5)4-9-7(10)11/h1-4H,(H,9,11). The number of halogens is 1. The van der Waals surface area contributed by atoms with E-state index >= 15 is 0 Å². The van der Waals surface area contributed by atoms with Crippen molar-refractivity contribution in [2.75, 3.05) is 0 Å². The molecule has 0 aliphatic heterocycles. The summed E-state index contributed by atoms with van der Waals surface area (Å²) >= 11 is 0. The number of nitrogens with zero attached hydrogens (tertiary/aromatic N) is 1. The largest absolute Gasteiger partial charge is 0.330 e. The zero-order chi connectivity index (χ0) is 7.84. The molecule has 0 spiro atoms. The zero-order valence-electron chi connectivity index (χ0n) is 5.54. The summed E-state index contributed by atoms with van der Waals surface area (Å²) in [6.07, 6.45) is 2.86. The van der Waals surface area contributed by atoms with Crippen LogP contribution >= 0.6 is 0 Å². The molecule has 11 heavy (non-hydrogen) atoms. The van der Waals surface area contributed by atoms with Gasteiger partial charge in [0.25, 0.3) is 0 Å². The average molecular weight is 152 g/mol. The number of aromatic nitrogens is 2. The quantitative estimate of drug-likeness (QED) is 0.594. The molecule has 0 amide bonds. The van der Waals surface area contributed by atoms with Gasteiger partial charge in [0.2, 0.25) is 0 Å². The second-order valence-corrected chi connectivity index (χ2v) is 2.23. The minimum absolute atomic E-state index is 0.250. The molecular formula is C7H5FN2O. The van der Waals surface area contributed by atoms with E-state index in [9.17, 15) is 9.18 Å². The van der Waals surface area contributed by atoms with Crippen LogP contribution in [0.3, 0.4) is 0 Å². The highest BCUT2D eigenvalue weighted by Crippen LogP contribution is 2.01. The van der Waals surface area contributed by atoms with Crippen LogP contribution < -0.4 is 5.69 Å². The van der Waals surface area contributed by atoms with Crippen molar-refractivity contribution in [1.29, 1.82) is 0 Å². The highest BCUT2D eigenvalue weighted by molar-refractivity contribution is 5.44. The van der Waals surface area contributed by atoms with Crippen molar-refractivity contribution >= 4 is 5.52 Å². The molecule has 0 unspecified atom stereocenters. The van der Waals surface area contributed by atoms with Crippen molar-refractivity contribution in [2.24, 2.45) is 0 Å². The van der Waals surface area contributed by atoms with E-state index in [2.05, 4.69) is 4.98 Å². The maximum absolute atomic E-state index is 12.5. The molecular weight excluding hydrogens is 147 g/mol. The normalized spacial score (nSPS) is 10.6. The van der Waals surface area contributed by atoms with Crippen LogP contribution in [0, 0.1) is 5.82 Å². The highest BCUT2D eigenvalue weighted by Gasteiger charge is 1.96. The van der Waals surface area contributed by atoms with Crippen molar-refractivity contribution < 1.29 is 4.39 Å². The van der Waals surface area contributed by atoms with Gasteiger partial charge in [0.15, 0.2) is 0 Å². The molecule has 0 saturated carbocycles. The summed E-state index contributed by atoms with van der Waals surface area (Å²) < 4.78 is 13.9. The van der Waals surface area contributed by atoms with Crippen LogP contribution in [0.4, 0.5) is 4.39 Å². The molecule has 0 atom stereocenters. The third-order valence-electron chi connectivity index (χ3n) is 1.51. The van der Waals surface area contributed by atoms with Gasteiger partial charge in [0, 0.05) is 12.4 Å². The van der Waals surface area contributed by atoms with E-state index in [4.69, 9.17) is 0 Å². The van der Waals surface area contributed by atoms with Crippen LogP contribution in [0.1, 0.15) is 0 Å². The SMILES string of the molecule is O=c1[nH]cc2cc(F)ccn12. The molecule has 2 aromatic rings. The summed E-state index contributed by atoms with van der Waals surface area (Å²) in [6.45, 7) is 0. The number of imidazole rings is 1. The number of hydrogen-bond acceptors (Lipinski definition) is 1. The van der Waals surface area contributed by atoms with Crippen molar-refractivity contribution in [1.82, 2.24) is 9.38 Å². The Kier molecular flexibility index (Phi) is 1.09. The third-order valence-corrected chi connectivity index (χ3v) is 1.51. The lowest BCUT2D eigenvalue weighted by molar-refractivity contribution is 0.626. The number of fused-ring (bicyclic) bond motifs is 1. The van der Waals surface area contributed by atoms with Gasteiger partial charge in [0.05, 0.1) is 5.52 Å². The Hall–Kier alpha value is -1.58. The summed E-state index contributed by atoms with van der Waals surface area (Å²) in [5.41, 5.74) is 0.287. The van der Waals surface area contributed by atoms with Gasteiger partial charge in [-0.15, -0.1) is 0 Å². The second kappa shape index (κ2) is 1.95. The molecule has 3 nitrogen and oxygen atoms in total. The first-order chi connectivity index (χ1) is 5.27. The molecule has 0 bridgehead atoms. The van der Waals surface area contributed by atoms with Crippen LogP contribution in [-0.2, 0) is 0 Å². The monoisotopic (exact) mass is 152 g/mol. The maximum Gasteiger partial charge on any atom is 0.330 e. The molecule has 0 saturated heterocycles. The fraction of sp³-hybridized carbons (Fsp3) is 0.